The zero-order valence-electron chi connectivity index (χ0n) is 13.7. The summed E-state index contributed by atoms with van der Waals surface area (Å²) in [4.78, 5) is 26.2. The highest BCUT2D eigenvalue weighted by Crippen LogP contribution is 2.43. The second-order valence-electron chi connectivity index (χ2n) is 7.10. The number of imide groups is 1. The maximum atomic E-state index is 12.5. The van der Waals surface area contributed by atoms with E-state index in [2.05, 4.69) is 6.92 Å². The Bertz CT molecular complexity index is 371. The van der Waals surface area contributed by atoms with Crippen LogP contribution in [0.4, 0.5) is 0 Å². The fraction of sp³-hybridized carbons (Fsp3) is 0.875. The second-order valence-corrected chi connectivity index (χ2v) is 7.10. The van der Waals surface area contributed by atoms with Crippen LogP contribution >= 0.6 is 0 Å². The van der Waals surface area contributed by atoms with Gasteiger partial charge in [0.25, 0.3) is 0 Å². The molecule has 3 nitrogen and oxygen atoms in total. The summed E-state index contributed by atoms with van der Waals surface area (Å²) in [7, 11) is 6.16. The van der Waals surface area contributed by atoms with E-state index in [0.717, 1.165) is 19.3 Å². The topological polar surface area (TPSA) is 37.4 Å². The highest BCUT2D eigenvalue weighted by atomic mass is 16.2. The van der Waals surface area contributed by atoms with Crippen LogP contribution < -0.4 is 0 Å². The Balaban J connectivity index is 2.72. The molecule has 112 valence electrons. The SMILES string of the molecule is [B]C(C)(C)C(C)(C)N1C(=O)CC(CCCCCC)C1=O. The fourth-order valence-corrected chi connectivity index (χ4v) is 2.61. The molecule has 0 bridgehead atoms. The first-order valence-corrected chi connectivity index (χ1v) is 7.78. The van der Waals surface area contributed by atoms with Gasteiger partial charge >= 0.3 is 0 Å². The lowest BCUT2D eigenvalue weighted by Gasteiger charge is -2.45. The number of unbranched alkanes of at least 4 members (excludes halogenated alkanes) is 3. The van der Waals surface area contributed by atoms with Gasteiger partial charge in [0.05, 0.1) is 7.85 Å². The molecule has 4 heteroatoms. The molecule has 1 unspecified atom stereocenters. The molecule has 0 N–H and O–H groups in total. The highest BCUT2D eigenvalue weighted by Gasteiger charge is 2.49. The van der Waals surface area contributed by atoms with Gasteiger partial charge < -0.3 is 0 Å². The number of hydrogen-bond acceptors (Lipinski definition) is 2. The Hall–Kier alpha value is -0.795. The van der Waals surface area contributed by atoms with Crippen LogP contribution in [0.3, 0.4) is 0 Å². The summed E-state index contributed by atoms with van der Waals surface area (Å²) in [5.41, 5.74) is -0.653. The predicted octanol–water partition coefficient (Wildman–Crippen LogP) is 3.48. The number of rotatable bonds is 7. The van der Waals surface area contributed by atoms with Crippen LogP contribution in [0.1, 0.15) is 73.1 Å². The first kappa shape index (κ1) is 17.3. The zero-order valence-corrected chi connectivity index (χ0v) is 13.7. The van der Waals surface area contributed by atoms with Crippen LogP contribution in [0.25, 0.3) is 0 Å². The molecule has 1 aliphatic rings. The molecule has 1 rings (SSSR count). The van der Waals surface area contributed by atoms with Crippen molar-refractivity contribution in [1.82, 2.24) is 4.90 Å². The van der Waals surface area contributed by atoms with E-state index in [1.54, 1.807) is 0 Å². The Morgan fingerprint density at radius 2 is 1.75 bits per heavy atom. The first-order chi connectivity index (χ1) is 9.13. The number of hydrogen-bond donors (Lipinski definition) is 0. The maximum Gasteiger partial charge on any atom is 0.233 e. The van der Waals surface area contributed by atoms with Crippen LogP contribution in [0, 0.1) is 5.92 Å². The van der Waals surface area contributed by atoms with Crippen molar-refractivity contribution in [3.05, 3.63) is 0 Å². The molecule has 1 atom stereocenters. The minimum absolute atomic E-state index is 0.0324. The van der Waals surface area contributed by atoms with Crippen molar-refractivity contribution in [3.63, 3.8) is 0 Å². The Kier molecular flexibility index (Phi) is 5.45. The van der Waals surface area contributed by atoms with Gasteiger partial charge in [0.2, 0.25) is 11.8 Å². The molecular formula is C16H28BNO2. The summed E-state index contributed by atoms with van der Waals surface area (Å²) < 4.78 is 0. The Morgan fingerprint density at radius 3 is 2.25 bits per heavy atom. The normalized spacial score (nSPS) is 20.9. The van der Waals surface area contributed by atoms with Gasteiger partial charge in [0, 0.05) is 17.9 Å². The third-order valence-corrected chi connectivity index (χ3v) is 4.78. The number of carbonyl (C=O) groups excluding carboxylic acids is 2. The summed E-state index contributed by atoms with van der Waals surface area (Å²) in [6.07, 6.45) is 5.71. The van der Waals surface area contributed by atoms with Crippen molar-refractivity contribution in [2.75, 3.05) is 0 Å². The standard InChI is InChI=1S/C16H28BNO2/c1-6-7-8-9-10-12-11-13(19)18(14(12)20)16(4,5)15(2,3)17/h12H,6-11H2,1-5H3. The number of likely N-dealkylation sites (tertiary alicyclic amines) is 1. The van der Waals surface area contributed by atoms with Crippen molar-refractivity contribution in [2.45, 2.75) is 84.0 Å². The number of amides is 2. The smallest absolute Gasteiger partial charge is 0.233 e. The van der Waals surface area contributed by atoms with E-state index in [1.165, 1.54) is 17.7 Å². The van der Waals surface area contributed by atoms with Gasteiger partial charge in [-0.2, -0.15) is 0 Å². The molecular weight excluding hydrogens is 249 g/mol. The van der Waals surface area contributed by atoms with Gasteiger partial charge in [-0.15, -0.1) is 0 Å². The van der Waals surface area contributed by atoms with Crippen LogP contribution in [0.5, 0.6) is 0 Å². The third kappa shape index (κ3) is 3.45. The molecule has 1 heterocycles. The van der Waals surface area contributed by atoms with Crippen LogP contribution in [-0.2, 0) is 9.59 Å². The molecule has 0 spiro atoms. The summed E-state index contributed by atoms with van der Waals surface area (Å²) >= 11 is 0. The van der Waals surface area contributed by atoms with Crippen molar-refractivity contribution in [3.8, 4) is 0 Å². The van der Waals surface area contributed by atoms with Crippen LogP contribution in [0.15, 0.2) is 0 Å². The van der Waals surface area contributed by atoms with Crippen LogP contribution in [-0.4, -0.2) is 30.1 Å². The molecule has 1 saturated heterocycles. The monoisotopic (exact) mass is 277 g/mol. The minimum Gasteiger partial charge on any atom is -0.277 e. The lowest BCUT2D eigenvalue weighted by Crippen LogP contribution is -2.53. The van der Waals surface area contributed by atoms with Gasteiger partial charge in [-0.25, -0.2) is 0 Å². The van der Waals surface area contributed by atoms with Crippen LogP contribution in [0.2, 0.25) is 5.31 Å². The lowest BCUT2D eigenvalue weighted by atomic mass is 9.59. The van der Waals surface area contributed by atoms with E-state index in [-0.39, 0.29) is 17.7 Å². The van der Waals surface area contributed by atoms with E-state index in [9.17, 15) is 9.59 Å². The Morgan fingerprint density at radius 1 is 1.15 bits per heavy atom. The average Bonchev–Trinajstić information content (AvgIpc) is 2.59. The molecule has 1 fully saturated rings. The van der Waals surface area contributed by atoms with Crippen molar-refractivity contribution < 1.29 is 9.59 Å². The van der Waals surface area contributed by atoms with Gasteiger partial charge in [-0.05, 0) is 25.6 Å². The largest absolute Gasteiger partial charge is 0.277 e. The minimum atomic E-state index is -0.653. The molecule has 0 aromatic heterocycles. The fourth-order valence-electron chi connectivity index (χ4n) is 2.61. The molecule has 0 aromatic carbocycles. The maximum absolute atomic E-state index is 12.5. The van der Waals surface area contributed by atoms with E-state index in [4.69, 9.17) is 7.85 Å². The van der Waals surface area contributed by atoms with E-state index in [1.807, 2.05) is 27.7 Å². The summed E-state index contributed by atoms with van der Waals surface area (Å²) in [5, 5.41) is -0.616. The van der Waals surface area contributed by atoms with Gasteiger partial charge in [0.1, 0.15) is 0 Å². The number of nitrogens with zero attached hydrogens (tertiary/aromatic N) is 1. The van der Waals surface area contributed by atoms with Gasteiger partial charge in [0.15, 0.2) is 0 Å². The predicted molar refractivity (Wildman–Crippen MR) is 82.6 cm³/mol. The summed E-state index contributed by atoms with van der Waals surface area (Å²) in [6.45, 7) is 9.65. The first-order valence-electron chi connectivity index (χ1n) is 7.78. The van der Waals surface area contributed by atoms with E-state index < -0.39 is 10.9 Å². The molecule has 0 aliphatic carbocycles. The molecule has 2 radical (unpaired) electrons. The molecule has 0 aromatic rings. The lowest BCUT2D eigenvalue weighted by molar-refractivity contribution is -0.146. The zero-order chi connectivity index (χ0) is 15.6. The molecule has 20 heavy (non-hydrogen) atoms. The molecule has 0 saturated carbocycles. The second kappa shape index (κ2) is 6.32. The average molecular weight is 277 g/mol. The van der Waals surface area contributed by atoms with Gasteiger partial charge in [-0.3, -0.25) is 14.5 Å². The van der Waals surface area contributed by atoms with Gasteiger partial charge in [-0.1, -0.05) is 46.5 Å². The van der Waals surface area contributed by atoms with Crippen molar-refractivity contribution >= 4 is 19.7 Å². The number of carbonyl (C=O) groups is 2. The summed E-state index contributed by atoms with van der Waals surface area (Å²) in [6, 6.07) is 0. The van der Waals surface area contributed by atoms with E-state index >= 15 is 0 Å². The highest BCUT2D eigenvalue weighted by molar-refractivity contribution is 6.16. The third-order valence-electron chi connectivity index (χ3n) is 4.78. The summed E-state index contributed by atoms with van der Waals surface area (Å²) in [5.74, 6) is -0.241. The molecule has 2 amide bonds. The van der Waals surface area contributed by atoms with Crippen molar-refractivity contribution in [1.29, 1.82) is 0 Å². The van der Waals surface area contributed by atoms with Crippen molar-refractivity contribution in [2.24, 2.45) is 5.92 Å². The van der Waals surface area contributed by atoms with E-state index in [0.29, 0.717) is 6.42 Å². The quantitative estimate of drug-likeness (QED) is 0.406. The molecule has 1 aliphatic heterocycles. The Labute approximate surface area is 124 Å².